The number of imidazole rings is 1. The van der Waals surface area contributed by atoms with Crippen molar-refractivity contribution in [3.63, 3.8) is 0 Å². The predicted molar refractivity (Wildman–Crippen MR) is 128 cm³/mol. The normalized spacial score (nSPS) is 16.6. The second kappa shape index (κ2) is 8.30. The molecule has 6 rings (SSSR count). The SMILES string of the molecule is N#Cc1ccnc(Nc2cc(C3CC3)cc(-c3ccc4ncn(C5CCNCC5)c4c3)n2)c1. The van der Waals surface area contributed by atoms with Gasteiger partial charge in [0.25, 0.3) is 0 Å². The van der Waals surface area contributed by atoms with Gasteiger partial charge in [0.2, 0.25) is 0 Å². The summed E-state index contributed by atoms with van der Waals surface area (Å²) in [6, 6.07) is 16.8. The van der Waals surface area contributed by atoms with E-state index in [1.165, 1.54) is 18.4 Å². The highest BCUT2D eigenvalue weighted by molar-refractivity contribution is 5.82. The number of piperidine rings is 1. The molecule has 1 saturated heterocycles. The van der Waals surface area contributed by atoms with Gasteiger partial charge in [-0.15, -0.1) is 0 Å². The zero-order valence-electron chi connectivity index (χ0n) is 18.3. The predicted octanol–water partition coefficient (Wildman–Crippen LogP) is 4.91. The molecule has 1 aliphatic carbocycles. The first-order valence-electron chi connectivity index (χ1n) is 11.6. The van der Waals surface area contributed by atoms with E-state index in [4.69, 9.17) is 4.98 Å². The second-order valence-corrected chi connectivity index (χ2v) is 8.95. The number of hydrogen-bond acceptors (Lipinski definition) is 6. The fraction of sp³-hybridized carbons (Fsp3) is 0.308. The lowest BCUT2D eigenvalue weighted by Gasteiger charge is -2.24. The highest BCUT2D eigenvalue weighted by Gasteiger charge is 2.25. The van der Waals surface area contributed by atoms with Gasteiger partial charge in [-0.1, -0.05) is 6.07 Å². The van der Waals surface area contributed by atoms with Crippen LogP contribution in [0, 0.1) is 11.3 Å². The van der Waals surface area contributed by atoms with E-state index >= 15 is 0 Å². The minimum Gasteiger partial charge on any atom is -0.327 e. The fourth-order valence-corrected chi connectivity index (χ4v) is 4.68. The van der Waals surface area contributed by atoms with E-state index < -0.39 is 0 Å². The summed E-state index contributed by atoms with van der Waals surface area (Å²) in [5, 5.41) is 16.0. The van der Waals surface area contributed by atoms with Crippen LogP contribution in [-0.4, -0.2) is 32.6 Å². The van der Waals surface area contributed by atoms with Crippen molar-refractivity contribution < 1.29 is 0 Å². The van der Waals surface area contributed by atoms with Crippen LogP contribution in [0.25, 0.3) is 22.3 Å². The Morgan fingerprint density at radius 2 is 1.85 bits per heavy atom. The van der Waals surface area contributed by atoms with Crippen LogP contribution in [0.2, 0.25) is 0 Å². The van der Waals surface area contributed by atoms with Crippen molar-refractivity contribution in [1.29, 1.82) is 5.26 Å². The Balaban J connectivity index is 1.39. The zero-order chi connectivity index (χ0) is 22.2. The molecule has 2 aliphatic rings. The van der Waals surface area contributed by atoms with Crippen molar-refractivity contribution in [2.24, 2.45) is 0 Å². The molecule has 0 unspecified atom stereocenters. The number of hydrogen-bond donors (Lipinski definition) is 2. The molecule has 0 bridgehead atoms. The molecule has 0 atom stereocenters. The van der Waals surface area contributed by atoms with Crippen LogP contribution in [0.1, 0.15) is 48.8 Å². The molecule has 164 valence electrons. The molecule has 3 aromatic heterocycles. The number of rotatable bonds is 5. The molecule has 7 nitrogen and oxygen atoms in total. The molecule has 0 spiro atoms. The van der Waals surface area contributed by atoms with Gasteiger partial charge in [0.15, 0.2) is 0 Å². The number of anilines is 2. The molecular formula is C26H25N7. The van der Waals surface area contributed by atoms with E-state index in [0.717, 1.165) is 54.0 Å². The number of nitrogens with zero attached hydrogens (tertiary/aromatic N) is 5. The highest BCUT2D eigenvalue weighted by atomic mass is 15.1. The lowest BCUT2D eigenvalue weighted by Crippen LogP contribution is -2.29. The van der Waals surface area contributed by atoms with Crippen LogP contribution in [0.4, 0.5) is 11.6 Å². The van der Waals surface area contributed by atoms with E-state index in [2.05, 4.69) is 61.6 Å². The van der Waals surface area contributed by atoms with Crippen LogP contribution < -0.4 is 10.6 Å². The van der Waals surface area contributed by atoms with Crippen molar-refractivity contribution in [3.05, 3.63) is 66.1 Å². The van der Waals surface area contributed by atoms with Gasteiger partial charge in [0.1, 0.15) is 11.6 Å². The third kappa shape index (κ3) is 4.06. The maximum Gasteiger partial charge on any atom is 0.132 e. The van der Waals surface area contributed by atoms with Gasteiger partial charge in [0, 0.05) is 17.8 Å². The Morgan fingerprint density at radius 3 is 2.67 bits per heavy atom. The summed E-state index contributed by atoms with van der Waals surface area (Å²) in [4.78, 5) is 13.9. The van der Waals surface area contributed by atoms with Crippen molar-refractivity contribution in [2.75, 3.05) is 18.4 Å². The number of nitrogens with one attached hydrogen (secondary N) is 2. The first-order chi connectivity index (χ1) is 16.3. The van der Waals surface area contributed by atoms with Gasteiger partial charge in [-0.05, 0) is 86.7 Å². The summed E-state index contributed by atoms with van der Waals surface area (Å²) in [5.41, 5.74) is 6.08. The van der Waals surface area contributed by atoms with E-state index in [9.17, 15) is 5.26 Å². The molecule has 1 aromatic carbocycles. The molecule has 1 aliphatic heterocycles. The first kappa shape index (κ1) is 19.9. The van der Waals surface area contributed by atoms with Crippen molar-refractivity contribution in [3.8, 4) is 17.3 Å². The number of pyridine rings is 2. The minimum atomic E-state index is 0.480. The highest BCUT2D eigenvalue weighted by Crippen LogP contribution is 2.42. The topological polar surface area (TPSA) is 91.5 Å². The van der Waals surface area contributed by atoms with E-state index in [1.807, 2.05) is 6.33 Å². The van der Waals surface area contributed by atoms with Crippen molar-refractivity contribution in [1.82, 2.24) is 24.8 Å². The first-order valence-corrected chi connectivity index (χ1v) is 11.6. The molecule has 2 fully saturated rings. The lowest BCUT2D eigenvalue weighted by molar-refractivity contribution is 0.375. The summed E-state index contributed by atoms with van der Waals surface area (Å²) >= 11 is 0. The molecular weight excluding hydrogens is 410 g/mol. The summed E-state index contributed by atoms with van der Waals surface area (Å²) in [6.07, 6.45) is 8.29. The second-order valence-electron chi connectivity index (χ2n) is 8.95. The maximum absolute atomic E-state index is 9.20. The maximum atomic E-state index is 9.20. The van der Waals surface area contributed by atoms with Crippen LogP contribution in [0.15, 0.2) is 55.0 Å². The summed E-state index contributed by atoms with van der Waals surface area (Å²) in [6.45, 7) is 2.09. The molecule has 33 heavy (non-hydrogen) atoms. The average Bonchev–Trinajstić information content (AvgIpc) is 3.63. The Hall–Kier alpha value is -3.76. The van der Waals surface area contributed by atoms with Gasteiger partial charge >= 0.3 is 0 Å². The van der Waals surface area contributed by atoms with Crippen LogP contribution >= 0.6 is 0 Å². The number of nitriles is 1. The Morgan fingerprint density at radius 1 is 0.970 bits per heavy atom. The Labute approximate surface area is 192 Å². The third-order valence-corrected chi connectivity index (χ3v) is 6.61. The summed E-state index contributed by atoms with van der Waals surface area (Å²) in [5.74, 6) is 1.97. The number of aromatic nitrogens is 4. The zero-order valence-corrected chi connectivity index (χ0v) is 18.3. The van der Waals surface area contributed by atoms with Gasteiger partial charge in [-0.3, -0.25) is 0 Å². The van der Waals surface area contributed by atoms with E-state index in [-0.39, 0.29) is 0 Å². The number of fused-ring (bicyclic) bond motifs is 1. The Kier molecular flexibility index (Phi) is 5.00. The Bertz CT molecular complexity index is 1360. The quantitative estimate of drug-likeness (QED) is 0.463. The molecule has 4 heterocycles. The third-order valence-electron chi connectivity index (χ3n) is 6.61. The van der Waals surface area contributed by atoms with Gasteiger partial charge in [-0.25, -0.2) is 15.0 Å². The average molecular weight is 436 g/mol. The summed E-state index contributed by atoms with van der Waals surface area (Å²) < 4.78 is 2.33. The molecule has 0 amide bonds. The lowest BCUT2D eigenvalue weighted by atomic mass is 10.0. The van der Waals surface area contributed by atoms with Crippen LogP contribution in [0.5, 0.6) is 0 Å². The molecule has 2 N–H and O–H groups in total. The van der Waals surface area contributed by atoms with Gasteiger partial charge in [0.05, 0.1) is 34.7 Å². The molecule has 7 heteroatoms. The standard InChI is InChI=1S/C26H25N7/c27-15-17-5-10-29-25(11-17)32-26-14-20(18-1-2-18)12-23(31-26)19-3-4-22-24(13-19)33(16-30-22)21-6-8-28-9-7-21/h3-5,10-14,16,18,21,28H,1-2,6-9H2,(H,29,31,32). The van der Waals surface area contributed by atoms with E-state index in [1.54, 1.807) is 18.3 Å². The van der Waals surface area contributed by atoms with E-state index in [0.29, 0.717) is 23.3 Å². The van der Waals surface area contributed by atoms with Crippen molar-refractivity contribution >= 4 is 22.7 Å². The van der Waals surface area contributed by atoms with Crippen LogP contribution in [-0.2, 0) is 0 Å². The van der Waals surface area contributed by atoms with Crippen LogP contribution in [0.3, 0.4) is 0 Å². The monoisotopic (exact) mass is 435 g/mol. The smallest absolute Gasteiger partial charge is 0.132 e. The molecule has 1 saturated carbocycles. The largest absolute Gasteiger partial charge is 0.327 e. The fourth-order valence-electron chi connectivity index (χ4n) is 4.68. The summed E-state index contributed by atoms with van der Waals surface area (Å²) in [7, 11) is 0. The number of benzene rings is 1. The molecule has 4 aromatic rings. The minimum absolute atomic E-state index is 0.480. The molecule has 0 radical (unpaired) electrons. The van der Waals surface area contributed by atoms with Gasteiger partial charge < -0.3 is 15.2 Å². The van der Waals surface area contributed by atoms with Crippen molar-refractivity contribution in [2.45, 2.75) is 37.6 Å². The van der Waals surface area contributed by atoms with Gasteiger partial charge in [-0.2, -0.15) is 5.26 Å².